The van der Waals surface area contributed by atoms with E-state index in [2.05, 4.69) is 223 Å². The molecule has 1 aromatic heterocycles. The van der Waals surface area contributed by atoms with Gasteiger partial charge in [-0.1, -0.05) is 176 Å². The highest BCUT2D eigenvalue weighted by Gasteiger charge is 2.42. The number of nitrogens with zero attached hydrogens (tertiary/aromatic N) is 1. The van der Waals surface area contributed by atoms with Crippen molar-refractivity contribution >= 4 is 73.7 Å². The lowest BCUT2D eigenvalue weighted by Gasteiger charge is -2.34. The average Bonchev–Trinajstić information content (AvgIpc) is 3.64. The number of benzene rings is 9. The van der Waals surface area contributed by atoms with Gasteiger partial charge in [-0.3, -0.25) is 0 Å². The molecule has 2 aliphatic heterocycles. The third kappa shape index (κ3) is 5.08. The van der Waals surface area contributed by atoms with E-state index in [4.69, 9.17) is 9.47 Å². The fraction of sp³-hybridized carbons (Fsp3) is 0. The molecule has 0 fully saturated rings. The van der Waals surface area contributed by atoms with Crippen LogP contribution in [0.15, 0.2) is 218 Å². The van der Waals surface area contributed by atoms with E-state index < -0.39 is 8.07 Å². The van der Waals surface area contributed by atoms with Crippen molar-refractivity contribution in [3.05, 3.63) is 218 Å². The van der Waals surface area contributed by atoms with Crippen LogP contribution in [-0.2, 0) is 0 Å². The van der Waals surface area contributed by atoms with Gasteiger partial charge in [-0.2, -0.15) is 0 Å². The van der Waals surface area contributed by atoms with E-state index in [1.54, 1.807) is 0 Å². The molecule has 0 atom stereocenters. The second kappa shape index (κ2) is 13.4. The largest absolute Gasteiger partial charge is 0.458 e. The summed E-state index contributed by atoms with van der Waals surface area (Å²) in [5, 5.41) is 7.88. The first-order valence-corrected chi connectivity index (χ1v) is 22.3. The van der Waals surface area contributed by atoms with Crippen LogP contribution in [0.3, 0.4) is 0 Å². The van der Waals surface area contributed by atoms with Gasteiger partial charge in [0.25, 0.3) is 6.71 Å². The Labute approximate surface area is 344 Å². The predicted molar refractivity (Wildman–Crippen MR) is 248 cm³/mol. The van der Waals surface area contributed by atoms with Gasteiger partial charge in [0.15, 0.2) is 8.07 Å². The SMILES string of the molecule is c1ccc([Si](c2ccccc2)(c2ccccc2)c2ccc3c(c2)c2ccccc2n3-c2ccccc2-c2cc3c4c(c2)Oc2ccccc2B4c2ccccc2O3)cc1. The summed E-state index contributed by atoms with van der Waals surface area (Å²) in [5.74, 6) is 3.44. The Hall–Kier alpha value is -7.34. The fourth-order valence-electron chi connectivity index (χ4n) is 9.99. The number of fused-ring (bicyclic) bond motifs is 7. The van der Waals surface area contributed by atoms with Crippen molar-refractivity contribution in [1.29, 1.82) is 0 Å². The van der Waals surface area contributed by atoms with Crippen LogP contribution in [0.1, 0.15) is 0 Å². The topological polar surface area (TPSA) is 23.4 Å². The molecule has 10 aromatic rings. The Kier molecular flexibility index (Phi) is 7.65. The lowest BCUT2D eigenvalue weighted by atomic mass is 9.35. The zero-order valence-electron chi connectivity index (χ0n) is 32.1. The van der Waals surface area contributed by atoms with Crippen molar-refractivity contribution in [3.63, 3.8) is 0 Å². The molecule has 0 saturated carbocycles. The number of para-hydroxylation sites is 4. The van der Waals surface area contributed by atoms with Crippen molar-refractivity contribution in [2.75, 3.05) is 0 Å². The van der Waals surface area contributed by atoms with Crippen molar-refractivity contribution in [2.45, 2.75) is 0 Å². The Bertz CT molecular complexity index is 3070. The van der Waals surface area contributed by atoms with E-state index in [1.807, 2.05) is 0 Å². The van der Waals surface area contributed by atoms with E-state index in [-0.39, 0.29) is 6.71 Å². The molecular weight excluding hydrogens is 733 g/mol. The highest BCUT2D eigenvalue weighted by atomic mass is 28.3. The highest BCUT2D eigenvalue weighted by Crippen LogP contribution is 2.41. The summed E-state index contributed by atoms with van der Waals surface area (Å²) in [6.07, 6.45) is 0. The maximum Gasteiger partial charge on any atom is 0.260 e. The summed E-state index contributed by atoms with van der Waals surface area (Å²) in [7, 11) is -2.75. The molecule has 2 aliphatic rings. The molecule has 0 unspecified atom stereocenters. The zero-order chi connectivity index (χ0) is 38.9. The number of ether oxygens (including phenoxy) is 2. The predicted octanol–water partition coefficient (Wildman–Crippen LogP) is 8.56. The van der Waals surface area contributed by atoms with Crippen LogP contribution in [0.4, 0.5) is 0 Å². The molecule has 5 heteroatoms. The zero-order valence-corrected chi connectivity index (χ0v) is 33.1. The second-order valence-corrected chi connectivity index (χ2v) is 19.4. The van der Waals surface area contributed by atoms with Crippen LogP contribution in [0.2, 0.25) is 0 Å². The number of rotatable bonds is 6. The Morgan fingerprint density at radius 2 is 0.864 bits per heavy atom. The van der Waals surface area contributed by atoms with Gasteiger partial charge in [-0.15, -0.1) is 0 Å². The van der Waals surface area contributed by atoms with Crippen LogP contribution in [0, 0.1) is 0 Å². The van der Waals surface area contributed by atoms with Gasteiger partial charge >= 0.3 is 0 Å². The molecule has 3 heterocycles. The maximum absolute atomic E-state index is 6.74. The minimum atomic E-state index is -2.75. The standard InChI is InChI=1S/C54H36BNO2Si/c1-4-18-38(19-5-1)59(39-20-6-2-7-21-39,40-22-8-3-9-23-40)41-32-33-49-44(36-41)43-25-11-15-29-48(43)56(49)47-28-14-10-24-42(47)37-34-52-54-53(35-37)58-51-31-17-13-27-46(51)55(54)45-26-12-16-30-50(45)57-52/h1-36H. The maximum atomic E-state index is 6.74. The molecule has 0 bridgehead atoms. The summed E-state index contributed by atoms with van der Waals surface area (Å²) in [4.78, 5) is 0. The lowest BCUT2D eigenvalue weighted by molar-refractivity contribution is 0.465. The van der Waals surface area contributed by atoms with E-state index in [1.165, 1.54) is 31.5 Å². The minimum Gasteiger partial charge on any atom is -0.458 e. The quantitative estimate of drug-likeness (QED) is 0.125. The van der Waals surface area contributed by atoms with Crippen molar-refractivity contribution < 1.29 is 9.47 Å². The molecule has 59 heavy (non-hydrogen) atoms. The summed E-state index contributed by atoms with van der Waals surface area (Å²) in [6, 6.07) is 79.5. The Morgan fingerprint density at radius 3 is 1.47 bits per heavy atom. The first-order chi connectivity index (χ1) is 29.3. The van der Waals surface area contributed by atoms with E-state index in [9.17, 15) is 0 Å². The molecule has 0 aliphatic carbocycles. The molecule has 0 radical (unpaired) electrons. The van der Waals surface area contributed by atoms with E-state index >= 15 is 0 Å². The van der Waals surface area contributed by atoms with Crippen LogP contribution in [0.25, 0.3) is 38.6 Å². The monoisotopic (exact) mass is 769 g/mol. The lowest BCUT2D eigenvalue weighted by Crippen LogP contribution is -2.74. The molecule has 9 aromatic carbocycles. The van der Waals surface area contributed by atoms with Crippen LogP contribution in [0.5, 0.6) is 23.0 Å². The highest BCUT2D eigenvalue weighted by molar-refractivity contribution is 7.20. The molecule has 12 rings (SSSR count). The van der Waals surface area contributed by atoms with Gasteiger partial charge in [0.2, 0.25) is 0 Å². The second-order valence-electron chi connectivity index (χ2n) is 15.5. The molecule has 0 saturated heterocycles. The molecular formula is C54H36BNO2Si. The number of hydrogen-bond donors (Lipinski definition) is 0. The summed E-state index contributed by atoms with van der Waals surface area (Å²) in [6.45, 7) is 0.0315. The van der Waals surface area contributed by atoms with Crippen LogP contribution >= 0.6 is 0 Å². The molecule has 0 N–H and O–H groups in total. The molecule has 0 amide bonds. The summed E-state index contributed by atoms with van der Waals surface area (Å²) in [5.41, 5.74) is 8.96. The van der Waals surface area contributed by atoms with E-state index in [0.717, 1.165) is 67.2 Å². The smallest absolute Gasteiger partial charge is 0.260 e. The first kappa shape index (κ1) is 33.8. The summed E-state index contributed by atoms with van der Waals surface area (Å²) >= 11 is 0. The van der Waals surface area contributed by atoms with Crippen molar-refractivity contribution in [3.8, 4) is 39.8 Å². The molecule has 0 spiro atoms. The van der Waals surface area contributed by atoms with Crippen LogP contribution in [-0.4, -0.2) is 19.4 Å². The summed E-state index contributed by atoms with van der Waals surface area (Å²) < 4.78 is 15.9. The van der Waals surface area contributed by atoms with Gasteiger partial charge in [0.1, 0.15) is 23.0 Å². The van der Waals surface area contributed by atoms with Gasteiger partial charge in [0, 0.05) is 21.8 Å². The number of aromatic nitrogens is 1. The van der Waals surface area contributed by atoms with Crippen molar-refractivity contribution in [2.24, 2.45) is 0 Å². The van der Waals surface area contributed by atoms with Gasteiger partial charge in [-0.05, 0) is 79.7 Å². The molecule has 3 nitrogen and oxygen atoms in total. The Morgan fingerprint density at radius 1 is 0.373 bits per heavy atom. The first-order valence-electron chi connectivity index (χ1n) is 20.3. The third-order valence-corrected chi connectivity index (χ3v) is 17.2. The Balaban J connectivity index is 1.08. The normalized spacial score (nSPS) is 12.6. The van der Waals surface area contributed by atoms with Crippen LogP contribution < -0.4 is 46.6 Å². The average molecular weight is 770 g/mol. The van der Waals surface area contributed by atoms with Gasteiger partial charge in [-0.25, -0.2) is 0 Å². The molecule has 276 valence electrons. The number of hydrogen-bond acceptors (Lipinski definition) is 2. The van der Waals surface area contributed by atoms with Gasteiger partial charge in [0.05, 0.1) is 16.7 Å². The fourth-order valence-corrected chi connectivity index (χ4v) is 14.8. The van der Waals surface area contributed by atoms with Gasteiger partial charge < -0.3 is 14.0 Å². The minimum absolute atomic E-state index is 0.0315. The van der Waals surface area contributed by atoms with E-state index in [0.29, 0.717) is 0 Å². The third-order valence-electron chi connectivity index (χ3n) is 12.5. The van der Waals surface area contributed by atoms with Crippen molar-refractivity contribution in [1.82, 2.24) is 4.57 Å².